The molecule has 0 aromatic heterocycles. The van der Waals surface area contributed by atoms with Crippen LogP contribution in [-0.2, 0) is 25.4 Å². The van der Waals surface area contributed by atoms with Crippen molar-refractivity contribution in [3.05, 3.63) is 39.4 Å². The maximum Gasteiger partial charge on any atom is 0.408 e. The second-order valence-electron chi connectivity index (χ2n) is 14.5. The van der Waals surface area contributed by atoms with Crippen molar-refractivity contribution in [1.82, 2.24) is 15.1 Å². The molecule has 2 N–H and O–H groups in total. The van der Waals surface area contributed by atoms with Crippen LogP contribution in [0.15, 0.2) is 6.07 Å². The summed E-state index contributed by atoms with van der Waals surface area (Å²) in [5.74, 6) is 1.53. The number of nitrogens with one attached hydrogen (secondary N) is 1. The number of piperazine rings is 1. The molecular weight excluding hydrogens is 680 g/mol. The lowest BCUT2D eigenvalue weighted by atomic mass is 9.71. The van der Waals surface area contributed by atoms with E-state index in [1.54, 1.807) is 41.9 Å². The number of nitrogens with zero attached hydrogens (tertiary/aromatic N) is 3. The van der Waals surface area contributed by atoms with Gasteiger partial charge < -0.3 is 43.6 Å². The van der Waals surface area contributed by atoms with Gasteiger partial charge in [0.05, 0.1) is 30.5 Å². The highest BCUT2D eigenvalue weighted by Gasteiger charge is 2.60. The third kappa shape index (κ3) is 5.67. The quantitative estimate of drug-likeness (QED) is 0.334. The van der Waals surface area contributed by atoms with E-state index in [-0.39, 0.29) is 43.8 Å². The maximum atomic E-state index is 13.7. The number of rotatable bonds is 5. The first-order valence-electron chi connectivity index (χ1n) is 16.9. The topological polar surface area (TPSA) is 161 Å². The van der Waals surface area contributed by atoms with Crippen molar-refractivity contribution >= 4 is 23.8 Å². The largest absolute Gasteiger partial charge is 0.507 e. The number of ether oxygens (including phenoxy) is 7. The van der Waals surface area contributed by atoms with Gasteiger partial charge >= 0.3 is 12.1 Å². The maximum absolute atomic E-state index is 13.7. The van der Waals surface area contributed by atoms with Gasteiger partial charge in [-0.05, 0) is 59.2 Å². The molecular formula is C36H44N4O10S. The van der Waals surface area contributed by atoms with Crippen LogP contribution in [0.2, 0.25) is 0 Å². The summed E-state index contributed by atoms with van der Waals surface area (Å²) in [5, 5.41) is 25.2. The smallest absolute Gasteiger partial charge is 0.408 e. The number of aromatic hydroxyl groups is 1. The number of esters is 1. The number of likely N-dealkylation sites (N-methyl/N-ethyl adjacent to an activating group) is 1. The number of carbonyl (C=O) groups excluding carboxylic acids is 2. The molecule has 7 atom stereocenters. The Morgan fingerprint density at radius 2 is 1.88 bits per heavy atom. The molecule has 1 amide bonds. The molecule has 0 saturated carbocycles. The Hall–Kier alpha value is -4.10. The van der Waals surface area contributed by atoms with Gasteiger partial charge in [-0.2, -0.15) is 5.26 Å². The summed E-state index contributed by atoms with van der Waals surface area (Å²) in [4.78, 5) is 31.0. The van der Waals surface area contributed by atoms with E-state index in [2.05, 4.69) is 27.3 Å². The molecule has 2 saturated heterocycles. The lowest BCUT2D eigenvalue weighted by Gasteiger charge is -2.61. The van der Waals surface area contributed by atoms with Crippen molar-refractivity contribution in [3.8, 4) is 34.8 Å². The SMILES string of the molecule is COCOc1c(OC)c(C)cc2c1[C@@H]1C3[C@@H]4SC[C@H](NC(=O)OC(C)(C)C)C(=O)OC[C@@H](c5c6c(c(C)c(O)c54)OCO6)N3[C@@H](C#N)[C@H](C2)N1C. The van der Waals surface area contributed by atoms with E-state index in [1.807, 2.05) is 14.0 Å². The molecule has 2 aromatic rings. The monoisotopic (exact) mass is 724 g/mol. The summed E-state index contributed by atoms with van der Waals surface area (Å²) in [7, 11) is 5.18. The summed E-state index contributed by atoms with van der Waals surface area (Å²) >= 11 is 1.39. The van der Waals surface area contributed by atoms with Crippen molar-refractivity contribution in [2.45, 2.75) is 88.1 Å². The number of nitriles is 1. The Bertz CT molecular complexity index is 1810. The third-order valence-electron chi connectivity index (χ3n) is 10.4. The Morgan fingerprint density at radius 1 is 1.14 bits per heavy atom. The number of hydrogen-bond acceptors (Lipinski definition) is 14. The average Bonchev–Trinajstić information content (AvgIpc) is 3.56. The van der Waals surface area contributed by atoms with Gasteiger partial charge in [0.1, 0.15) is 30.0 Å². The normalized spacial score (nSPS) is 28.1. The minimum atomic E-state index is -1.05. The molecule has 14 nitrogen and oxygen atoms in total. The molecule has 5 aliphatic heterocycles. The predicted octanol–water partition coefficient (Wildman–Crippen LogP) is 4.18. The van der Waals surface area contributed by atoms with Gasteiger partial charge in [0.15, 0.2) is 29.8 Å². The second-order valence-corrected chi connectivity index (χ2v) is 15.7. The molecule has 0 radical (unpaired) electrons. The number of methoxy groups -OCH3 is 2. The second kappa shape index (κ2) is 13.1. The van der Waals surface area contributed by atoms with Gasteiger partial charge in [-0.1, -0.05) is 6.07 Å². The highest BCUT2D eigenvalue weighted by atomic mass is 32.2. The Labute approximate surface area is 301 Å². The fourth-order valence-electron chi connectivity index (χ4n) is 8.49. The van der Waals surface area contributed by atoms with Crippen molar-refractivity contribution in [1.29, 1.82) is 5.26 Å². The van der Waals surface area contributed by atoms with E-state index in [4.69, 9.17) is 33.2 Å². The standard InChI is InChI=1S/C36H44N4O10S/c1-16-9-18-10-20-21(11-37)40-22-12-46-34(42)19(38-35(43)50-36(3,4)5)13-51-33(25-24(22)32-30(48-15-49-32)17(2)28(25)41)27(40)26(39(20)6)23(18)31(29(16)45-8)47-14-44-7/h9,19-22,26-27,33,41H,10,12-15H2,1-8H3,(H,38,43)/t19-,20-,21-,22-,26+,27?,33+/m0/s1. The minimum absolute atomic E-state index is 0.0115. The van der Waals surface area contributed by atoms with Crippen LogP contribution < -0.4 is 24.3 Å². The molecule has 51 heavy (non-hydrogen) atoms. The first-order valence-corrected chi connectivity index (χ1v) is 18.0. The summed E-state index contributed by atoms with van der Waals surface area (Å²) in [5.41, 5.74) is 3.83. The Balaban J connectivity index is 1.45. The van der Waals surface area contributed by atoms with Gasteiger partial charge in [0.2, 0.25) is 6.79 Å². The van der Waals surface area contributed by atoms with Crippen LogP contribution in [0.25, 0.3) is 0 Å². The number of cyclic esters (lactones) is 1. The Morgan fingerprint density at radius 3 is 2.57 bits per heavy atom. The first-order chi connectivity index (χ1) is 24.3. The van der Waals surface area contributed by atoms with Gasteiger partial charge in [0, 0.05) is 47.2 Å². The van der Waals surface area contributed by atoms with E-state index >= 15 is 0 Å². The van der Waals surface area contributed by atoms with E-state index < -0.39 is 47.1 Å². The molecule has 7 rings (SSSR count). The number of carbonyl (C=O) groups is 2. The number of amides is 1. The zero-order valence-corrected chi connectivity index (χ0v) is 30.8. The average molecular weight is 725 g/mol. The highest BCUT2D eigenvalue weighted by Crippen LogP contribution is 2.63. The number of benzene rings is 2. The van der Waals surface area contributed by atoms with Crippen LogP contribution in [0.4, 0.5) is 4.79 Å². The first kappa shape index (κ1) is 35.3. The van der Waals surface area contributed by atoms with Crippen molar-refractivity contribution < 1.29 is 47.9 Å². The number of fused-ring (bicyclic) bond motifs is 9. The molecule has 2 aromatic carbocycles. The molecule has 0 spiro atoms. The third-order valence-corrected chi connectivity index (χ3v) is 11.8. The van der Waals surface area contributed by atoms with Crippen molar-refractivity contribution in [2.24, 2.45) is 0 Å². The zero-order valence-electron chi connectivity index (χ0n) is 30.0. The van der Waals surface area contributed by atoms with Gasteiger partial charge in [0.25, 0.3) is 0 Å². The van der Waals surface area contributed by atoms with Crippen molar-refractivity contribution in [3.63, 3.8) is 0 Å². The minimum Gasteiger partial charge on any atom is -0.507 e. The lowest BCUT2D eigenvalue weighted by molar-refractivity contribution is -0.151. The van der Waals surface area contributed by atoms with Crippen LogP contribution in [0.3, 0.4) is 0 Å². The van der Waals surface area contributed by atoms with Crippen LogP contribution in [-0.4, -0.2) is 104 Å². The van der Waals surface area contributed by atoms with Crippen molar-refractivity contribution in [2.75, 3.05) is 47.2 Å². The lowest BCUT2D eigenvalue weighted by Crippen LogP contribution is -2.69. The number of thioether (sulfide) groups is 1. The Kier molecular flexibility index (Phi) is 9.10. The molecule has 15 heteroatoms. The molecule has 1 unspecified atom stereocenters. The molecule has 2 fully saturated rings. The summed E-state index contributed by atoms with van der Waals surface area (Å²) in [6.07, 6.45) is -0.196. The summed E-state index contributed by atoms with van der Waals surface area (Å²) < 4.78 is 41.1. The number of hydrogen-bond donors (Lipinski definition) is 2. The summed E-state index contributed by atoms with van der Waals surface area (Å²) in [6, 6.07) is 1.21. The van der Waals surface area contributed by atoms with Crippen LogP contribution in [0.5, 0.6) is 28.7 Å². The van der Waals surface area contributed by atoms with Gasteiger partial charge in [-0.15, -0.1) is 11.8 Å². The van der Waals surface area contributed by atoms with E-state index in [1.165, 1.54) is 11.8 Å². The highest BCUT2D eigenvalue weighted by molar-refractivity contribution is 7.99. The zero-order chi connectivity index (χ0) is 36.5. The van der Waals surface area contributed by atoms with E-state index in [0.717, 1.165) is 16.7 Å². The van der Waals surface area contributed by atoms with Crippen LogP contribution >= 0.6 is 11.8 Å². The molecule has 5 heterocycles. The number of phenols is 1. The van der Waals surface area contributed by atoms with Gasteiger partial charge in [-0.3, -0.25) is 9.80 Å². The fourth-order valence-corrected chi connectivity index (χ4v) is 10.0. The summed E-state index contributed by atoms with van der Waals surface area (Å²) in [6.45, 7) is 8.76. The fraction of sp³-hybridized carbons (Fsp3) is 0.583. The number of phenolic OH excluding ortho intramolecular Hbond substituents is 1. The van der Waals surface area contributed by atoms with Crippen LogP contribution in [0, 0.1) is 25.2 Å². The predicted molar refractivity (Wildman–Crippen MR) is 184 cm³/mol. The molecule has 4 bridgehead atoms. The molecule has 274 valence electrons. The van der Waals surface area contributed by atoms with E-state index in [9.17, 15) is 20.0 Å². The number of aryl methyl sites for hydroxylation is 1. The van der Waals surface area contributed by atoms with E-state index in [0.29, 0.717) is 46.1 Å². The molecule has 5 aliphatic rings. The van der Waals surface area contributed by atoms with Crippen LogP contribution in [0.1, 0.15) is 71.5 Å². The van der Waals surface area contributed by atoms with Gasteiger partial charge in [-0.25, -0.2) is 9.59 Å². The number of alkyl carbamates (subject to hydrolysis) is 1. The molecule has 0 aliphatic carbocycles.